The van der Waals surface area contributed by atoms with Gasteiger partial charge in [0.25, 0.3) is 0 Å². The molecule has 0 aromatic heterocycles. The van der Waals surface area contributed by atoms with Gasteiger partial charge in [-0.25, -0.2) is 0 Å². The molecule has 1 unspecified atom stereocenters. The van der Waals surface area contributed by atoms with Gasteiger partial charge in [-0.2, -0.15) is 0 Å². The molecule has 3 heteroatoms. The first-order chi connectivity index (χ1) is 6.81. The number of hydrogen-bond acceptors (Lipinski definition) is 3. The number of methoxy groups -OCH3 is 1. The van der Waals surface area contributed by atoms with E-state index < -0.39 is 0 Å². The predicted molar refractivity (Wildman–Crippen MR) is 54.2 cm³/mol. The lowest BCUT2D eigenvalue weighted by Gasteiger charge is -2.12. The van der Waals surface area contributed by atoms with Crippen LogP contribution in [-0.4, -0.2) is 13.7 Å². The number of fused-ring (bicyclic) bond motifs is 1. The van der Waals surface area contributed by atoms with Crippen molar-refractivity contribution in [1.29, 1.82) is 0 Å². The van der Waals surface area contributed by atoms with Gasteiger partial charge in [-0.05, 0) is 29.7 Å². The van der Waals surface area contributed by atoms with Crippen LogP contribution < -0.4 is 10.5 Å². The van der Waals surface area contributed by atoms with Gasteiger partial charge >= 0.3 is 0 Å². The minimum atomic E-state index is 0.0957. The van der Waals surface area contributed by atoms with E-state index in [1.54, 1.807) is 7.11 Å². The third-order valence-electron chi connectivity index (χ3n) is 2.58. The molecule has 14 heavy (non-hydrogen) atoms. The molecule has 0 amide bonds. The van der Waals surface area contributed by atoms with E-state index >= 15 is 0 Å². The molecule has 0 bridgehead atoms. The van der Waals surface area contributed by atoms with Crippen molar-refractivity contribution in [1.82, 2.24) is 0 Å². The SMILES string of the molecule is COc1ccc2c(c1)COCCC2N. The third-order valence-corrected chi connectivity index (χ3v) is 2.58. The maximum absolute atomic E-state index is 6.02. The van der Waals surface area contributed by atoms with Gasteiger partial charge in [-0.15, -0.1) is 0 Å². The highest BCUT2D eigenvalue weighted by Crippen LogP contribution is 2.26. The quantitative estimate of drug-likeness (QED) is 0.737. The summed E-state index contributed by atoms with van der Waals surface area (Å²) in [4.78, 5) is 0. The van der Waals surface area contributed by atoms with Crippen LogP contribution in [0.1, 0.15) is 23.6 Å². The summed E-state index contributed by atoms with van der Waals surface area (Å²) in [5.74, 6) is 0.862. The van der Waals surface area contributed by atoms with Crippen molar-refractivity contribution in [3.63, 3.8) is 0 Å². The van der Waals surface area contributed by atoms with Crippen molar-refractivity contribution in [3.8, 4) is 5.75 Å². The van der Waals surface area contributed by atoms with Crippen LogP contribution in [0.5, 0.6) is 5.75 Å². The summed E-state index contributed by atoms with van der Waals surface area (Å²) in [6.45, 7) is 1.37. The van der Waals surface area contributed by atoms with E-state index in [0.717, 1.165) is 24.3 Å². The summed E-state index contributed by atoms with van der Waals surface area (Å²) >= 11 is 0. The molecule has 1 aliphatic rings. The molecular formula is C11H15NO2. The van der Waals surface area contributed by atoms with Gasteiger partial charge in [0.2, 0.25) is 0 Å². The fraction of sp³-hybridized carbons (Fsp3) is 0.455. The second-order valence-electron chi connectivity index (χ2n) is 3.51. The average molecular weight is 193 g/mol. The zero-order valence-electron chi connectivity index (χ0n) is 8.32. The molecule has 0 saturated carbocycles. The minimum absolute atomic E-state index is 0.0957. The first kappa shape index (κ1) is 9.49. The molecule has 2 N–H and O–H groups in total. The third kappa shape index (κ3) is 1.74. The summed E-state index contributed by atoms with van der Waals surface area (Å²) in [6.07, 6.45) is 0.888. The van der Waals surface area contributed by atoms with Gasteiger partial charge in [-0.1, -0.05) is 6.07 Å². The summed E-state index contributed by atoms with van der Waals surface area (Å²) in [5, 5.41) is 0. The van der Waals surface area contributed by atoms with E-state index in [4.69, 9.17) is 15.2 Å². The molecule has 1 atom stereocenters. The van der Waals surface area contributed by atoms with Crippen LogP contribution >= 0.6 is 0 Å². The number of ether oxygens (including phenoxy) is 2. The zero-order valence-corrected chi connectivity index (χ0v) is 8.32. The Morgan fingerprint density at radius 3 is 3.14 bits per heavy atom. The maximum Gasteiger partial charge on any atom is 0.119 e. The molecular weight excluding hydrogens is 178 g/mol. The molecule has 0 fully saturated rings. The van der Waals surface area contributed by atoms with Crippen LogP contribution in [0.4, 0.5) is 0 Å². The molecule has 1 heterocycles. The van der Waals surface area contributed by atoms with Crippen LogP contribution in [0.2, 0.25) is 0 Å². The van der Waals surface area contributed by atoms with Gasteiger partial charge in [0.1, 0.15) is 5.75 Å². The van der Waals surface area contributed by atoms with Gasteiger partial charge in [0.15, 0.2) is 0 Å². The van der Waals surface area contributed by atoms with Crippen LogP contribution in [0.25, 0.3) is 0 Å². The molecule has 1 aromatic carbocycles. The summed E-state index contributed by atoms with van der Waals surface area (Å²) in [7, 11) is 1.67. The van der Waals surface area contributed by atoms with Crippen LogP contribution in [0.3, 0.4) is 0 Å². The fourth-order valence-electron chi connectivity index (χ4n) is 1.74. The Morgan fingerprint density at radius 2 is 2.36 bits per heavy atom. The van der Waals surface area contributed by atoms with Gasteiger partial charge in [-0.3, -0.25) is 0 Å². The lowest BCUT2D eigenvalue weighted by molar-refractivity contribution is 0.122. The predicted octanol–water partition coefficient (Wildman–Crippen LogP) is 1.62. The van der Waals surface area contributed by atoms with Crippen LogP contribution in [-0.2, 0) is 11.3 Å². The molecule has 2 rings (SSSR count). The van der Waals surface area contributed by atoms with Gasteiger partial charge in [0.05, 0.1) is 13.7 Å². The largest absolute Gasteiger partial charge is 0.497 e. The van der Waals surface area contributed by atoms with E-state index in [-0.39, 0.29) is 6.04 Å². The van der Waals surface area contributed by atoms with E-state index in [2.05, 4.69) is 0 Å². The highest BCUT2D eigenvalue weighted by molar-refractivity contribution is 5.37. The summed E-state index contributed by atoms with van der Waals surface area (Å²) < 4.78 is 10.6. The first-order valence-electron chi connectivity index (χ1n) is 4.81. The average Bonchev–Trinajstić information content (AvgIpc) is 2.40. The monoisotopic (exact) mass is 193 g/mol. The molecule has 1 aliphatic heterocycles. The Kier molecular flexibility index (Phi) is 2.70. The second-order valence-corrected chi connectivity index (χ2v) is 3.51. The van der Waals surface area contributed by atoms with Crippen LogP contribution in [0, 0.1) is 0 Å². The van der Waals surface area contributed by atoms with Crippen molar-refractivity contribution in [2.24, 2.45) is 5.73 Å². The standard InChI is InChI=1S/C11H15NO2/c1-13-9-2-3-10-8(6-9)7-14-5-4-11(10)12/h2-3,6,11H,4-5,7,12H2,1H3. The van der Waals surface area contributed by atoms with E-state index in [1.165, 1.54) is 5.56 Å². The maximum atomic E-state index is 6.02. The van der Waals surface area contributed by atoms with Gasteiger partial charge < -0.3 is 15.2 Å². The first-order valence-corrected chi connectivity index (χ1v) is 4.81. The molecule has 0 radical (unpaired) electrons. The van der Waals surface area contributed by atoms with Crippen molar-refractivity contribution >= 4 is 0 Å². The second kappa shape index (κ2) is 3.98. The Bertz CT molecular complexity index is 325. The highest BCUT2D eigenvalue weighted by atomic mass is 16.5. The lowest BCUT2D eigenvalue weighted by Crippen LogP contribution is -2.11. The minimum Gasteiger partial charge on any atom is -0.497 e. The highest BCUT2D eigenvalue weighted by Gasteiger charge is 2.15. The van der Waals surface area contributed by atoms with E-state index in [9.17, 15) is 0 Å². The molecule has 1 aromatic rings. The normalized spacial score (nSPS) is 21.1. The number of nitrogens with two attached hydrogens (primary N) is 1. The zero-order chi connectivity index (χ0) is 9.97. The summed E-state index contributed by atoms with van der Waals surface area (Å²) in [6, 6.07) is 6.08. The lowest BCUT2D eigenvalue weighted by atomic mass is 10.00. The number of benzene rings is 1. The number of hydrogen-bond donors (Lipinski definition) is 1. The number of rotatable bonds is 1. The Labute approximate surface area is 83.8 Å². The molecule has 0 spiro atoms. The van der Waals surface area contributed by atoms with Crippen molar-refractivity contribution in [3.05, 3.63) is 29.3 Å². The Morgan fingerprint density at radius 1 is 1.50 bits per heavy atom. The molecule has 0 saturated heterocycles. The van der Waals surface area contributed by atoms with Crippen LogP contribution in [0.15, 0.2) is 18.2 Å². The topological polar surface area (TPSA) is 44.5 Å². The summed E-state index contributed by atoms with van der Waals surface area (Å²) in [5.41, 5.74) is 8.35. The smallest absolute Gasteiger partial charge is 0.119 e. The molecule has 76 valence electrons. The van der Waals surface area contributed by atoms with Crippen molar-refractivity contribution in [2.45, 2.75) is 19.1 Å². The van der Waals surface area contributed by atoms with Gasteiger partial charge in [0, 0.05) is 12.6 Å². The molecule has 0 aliphatic carbocycles. The van der Waals surface area contributed by atoms with Crippen molar-refractivity contribution < 1.29 is 9.47 Å². The van der Waals surface area contributed by atoms with E-state index in [1.807, 2.05) is 18.2 Å². The van der Waals surface area contributed by atoms with Crippen molar-refractivity contribution in [2.75, 3.05) is 13.7 Å². The Hall–Kier alpha value is -1.06. The Balaban J connectivity index is 2.38. The fourth-order valence-corrected chi connectivity index (χ4v) is 1.74. The van der Waals surface area contributed by atoms with E-state index in [0.29, 0.717) is 6.61 Å². The molecule has 3 nitrogen and oxygen atoms in total.